The van der Waals surface area contributed by atoms with Crippen molar-refractivity contribution in [3.05, 3.63) is 24.3 Å². The van der Waals surface area contributed by atoms with Crippen molar-refractivity contribution in [2.75, 3.05) is 25.5 Å². The van der Waals surface area contributed by atoms with E-state index in [-0.39, 0.29) is 35.8 Å². The third kappa shape index (κ3) is 4.72. The zero-order valence-electron chi connectivity index (χ0n) is 12.9. The second-order valence-electron chi connectivity index (χ2n) is 5.21. The van der Waals surface area contributed by atoms with E-state index in [0.29, 0.717) is 6.04 Å². The summed E-state index contributed by atoms with van der Waals surface area (Å²) in [4.78, 5) is 7.05. The van der Waals surface area contributed by atoms with Gasteiger partial charge in [-0.25, -0.2) is 4.98 Å². The van der Waals surface area contributed by atoms with E-state index in [1.807, 2.05) is 6.07 Å². The molecule has 3 rings (SSSR count). The number of aryl methyl sites for hydroxylation is 1. The number of para-hydroxylation sites is 2. The molecule has 22 heavy (non-hydrogen) atoms. The van der Waals surface area contributed by atoms with Crippen LogP contribution < -0.4 is 5.32 Å². The number of benzene rings is 1. The zero-order valence-corrected chi connectivity index (χ0v) is 14.5. The highest BCUT2D eigenvalue weighted by atomic mass is 35.5. The second-order valence-corrected chi connectivity index (χ2v) is 5.21. The molecule has 1 aliphatic rings. The van der Waals surface area contributed by atoms with Crippen molar-refractivity contribution in [2.24, 2.45) is 7.05 Å². The first-order valence-electron chi connectivity index (χ1n) is 6.60. The summed E-state index contributed by atoms with van der Waals surface area (Å²) in [5, 5.41) is 3.58. The van der Waals surface area contributed by atoms with E-state index in [4.69, 9.17) is 0 Å². The van der Waals surface area contributed by atoms with Crippen LogP contribution in [0.15, 0.2) is 24.3 Å². The maximum Gasteiger partial charge on any atom is 0.203 e. The molecule has 0 spiro atoms. The van der Waals surface area contributed by atoms with Gasteiger partial charge in [-0.05, 0) is 45.1 Å². The lowest BCUT2D eigenvalue weighted by molar-refractivity contribution is 0.263. The molecule has 128 valence electrons. The largest absolute Gasteiger partial charge is 0.412 e. The Bertz CT molecular complexity index is 557. The highest BCUT2D eigenvalue weighted by Gasteiger charge is 2.18. The molecule has 1 aromatic carbocycles. The number of anilines is 1. The van der Waals surface area contributed by atoms with Crippen LogP contribution >= 0.6 is 24.8 Å². The zero-order chi connectivity index (χ0) is 12.5. The van der Waals surface area contributed by atoms with Gasteiger partial charge in [0.1, 0.15) is 0 Å². The molecule has 2 aromatic rings. The van der Waals surface area contributed by atoms with E-state index < -0.39 is 0 Å². The van der Waals surface area contributed by atoms with Gasteiger partial charge in [-0.3, -0.25) is 0 Å². The average molecular weight is 353 g/mol. The van der Waals surface area contributed by atoms with Crippen LogP contribution in [0.25, 0.3) is 11.0 Å². The number of nitrogens with one attached hydrogen (secondary N) is 1. The highest BCUT2D eigenvalue weighted by molar-refractivity contribution is 5.85. The number of piperidine rings is 1. The molecule has 0 saturated carbocycles. The quantitative estimate of drug-likeness (QED) is 0.881. The Morgan fingerprint density at radius 1 is 1.05 bits per heavy atom. The fourth-order valence-electron chi connectivity index (χ4n) is 2.61. The third-order valence-electron chi connectivity index (χ3n) is 3.84. The Labute approximate surface area is 143 Å². The predicted molar refractivity (Wildman–Crippen MR) is 96.6 cm³/mol. The van der Waals surface area contributed by atoms with Crippen LogP contribution in [0.4, 0.5) is 5.95 Å². The predicted octanol–water partition coefficient (Wildman–Crippen LogP) is 1.27. The summed E-state index contributed by atoms with van der Waals surface area (Å²) in [5.41, 5.74) is 2.25. The number of hydrogen-bond acceptors (Lipinski definition) is 3. The van der Waals surface area contributed by atoms with Crippen molar-refractivity contribution in [3.8, 4) is 0 Å². The Kier molecular flexibility index (Phi) is 10.4. The monoisotopic (exact) mass is 352 g/mol. The minimum atomic E-state index is 0. The molecule has 6 nitrogen and oxygen atoms in total. The summed E-state index contributed by atoms with van der Waals surface area (Å²) in [7, 11) is 4.26. The van der Waals surface area contributed by atoms with E-state index in [2.05, 4.69) is 52.1 Å². The van der Waals surface area contributed by atoms with Gasteiger partial charge in [0, 0.05) is 13.1 Å². The molecule has 2 heterocycles. The lowest BCUT2D eigenvalue weighted by Crippen LogP contribution is -2.37. The van der Waals surface area contributed by atoms with Crippen molar-refractivity contribution in [1.29, 1.82) is 0 Å². The van der Waals surface area contributed by atoms with Crippen LogP contribution in [-0.4, -0.2) is 51.6 Å². The Morgan fingerprint density at radius 3 is 2.23 bits per heavy atom. The number of nitrogens with zero attached hydrogens (tertiary/aromatic N) is 3. The average Bonchev–Trinajstić information content (AvgIpc) is 2.70. The number of aromatic nitrogens is 2. The highest BCUT2D eigenvalue weighted by Crippen LogP contribution is 2.20. The Hall–Kier alpha value is -1.05. The molecule has 1 saturated heterocycles. The van der Waals surface area contributed by atoms with Gasteiger partial charge in [-0.15, -0.1) is 24.8 Å². The summed E-state index contributed by atoms with van der Waals surface area (Å²) >= 11 is 0. The summed E-state index contributed by atoms with van der Waals surface area (Å²) in [6.07, 6.45) is 2.39. The maximum atomic E-state index is 4.66. The number of likely N-dealkylation sites (tertiary alicyclic amines) is 1. The molecule has 5 N–H and O–H groups in total. The van der Waals surface area contributed by atoms with Crippen molar-refractivity contribution in [2.45, 2.75) is 18.9 Å². The molecule has 1 aliphatic heterocycles. The van der Waals surface area contributed by atoms with Gasteiger partial charge in [-0.2, -0.15) is 0 Å². The first kappa shape index (κ1) is 23.2. The topological polar surface area (TPSA) is 96.1 Å². The fraction of sp³-hybridized carbons (Fsp3) is 0.500. The Morgan fingerprint density at radius 2 is 1.64 bits per heavy atom. The molecule has 0 amide bonds. The first-order chi connectivity index (χ1) is 8.74. The fourth-order valence-corrected chi connectivity index (χ4v) is 2.61. The Balaban J connectivity index is 0. The summed E-state index contributed by atoms with van der Waals surface area (Å²) in [5.74, 6) is 0.991. The molecular weight excluding hydrogens is 327 g/mol. The van der Waals surface area contributed by atoms with E-state index in [0.717, 1.165) is 11.5 Å². The van der Waals surface area contributed by atoms with Crippen LogP contribution in [0.5, 0.6) is 0 Å². The number of rotatable bonds is 2. The minimum Gasteiger partial charge on any atom is -0.412 e. The summed E-state index contributed by atoms with van der Waals surface area (Å²) in [6.45, 7) is 2.34. The second kappa shape index (κ2) is 9.86. The van der Waals surface area contributed by atoms with Crippen LogP contribution in [0.2, 0.25) is 0 Å². The van der Waals surface area contributed by atoms with E-state index in [1.165, 1.54) is 31.4 Å². The molecule has 1 fully saturated rings. The molecular formula is C14H26Cl2N4O2. The lowest BCUT2D eigenvalue weighted by atomic mass is 10.1. The summed E-state index contributed by atoms with van der Waals surface area (Å²) in [6, 6.07) is 8.83. The SMILES string of the molecule is CN1CCC(Nc2nc3ccccc3n2C)CC1.Cl.Cl.O.O. The van der Waals surface area contributed by atoms with Gasteiger partial charge < -0.3 is 25.7 Å². The van der Waals surface area contributed by atoms with Crippen LogP contribution in [0.3, 0.4) is 0 Å². The molecule has 0 aliphatic carbocycles. The van der Waals surface area contributed by atoms with Crippen molar-refractivity contribution in [3.63, 3.8) is 0 Å². The standard InChI is InChI=1S/C14H20N4.2ClH.2H2O/c1-17-9-7-11(8-10-17)15-14-16-12-5-3-4-6-13(12)18(14)2;;;;/h3-6,11H,7-10H2,1-2H3,(H,15,16);2*1H;2*1H2. The van der Waals surface area contributed by atoms with E-state index in [1.54, 1.807) is 0 Å². The maximum absolute atomic E-state index is 4.66. The number of halogens is 2. The third-order valence-corrected chi connectivity index (χ3v) is 3.84. The number of fused-ring (bicyclic) bond motifs is 1. The van der Waals surface area contributed by atoms with Crippen LogP contribution in [-0.2, 0) is 7.05 Å². The van der Waals surface area contributed by atoms with Crippen LogP contribution in [0.1, 0.15) is 12.8 Å². The molecule has 1 aromatic heterocycles. The molecule has 0 atom stereocenters. The molecule has 0 bridgehead atoms. The molecule has 0 unspecified atom stereocenters. The van der Waals surface area contributed by atoms with Gasteiger partial charge >= 0.3 is 0 Å². The van der Waals surface area contributed by atoms with Crippen LogP contribution in [0, 0.1) is 0 Å². The smallest absolute Gasteiger partial charge is 0.203 e. The molecule has 8 heteroatoms. The van der Waals surface area contributed by atoms with Gasteiger partial charge in [0.2, 0.25) is 5.95 Å². The van der Waals surface area contributed by atoms with E-state index in [9.17, 15) is 0 Å². The van der Waals surface area contributed by atoms with Gasteiger partial charge in [0.25, 0.3) is 0 Å². The number of hydrogen-bond donors (Lipinski definition) is 1. The molecule has 0 radical (unpaired) electrons. The normalized spacial score (nSPS) is 15.0. The van der Waals surface area contributed by atoms with Crippen molar-refractivity contribution in [1.82, 2.24) is 14.5 Å². The van der Waals surface area contributed by atoms with E-state index >= 15 is 0 Å². The lowest BCUT2D eigenvalue weighted by Gasteiger charge is -2.29. The van der Waals surface area contributed by atoms with Crippen molar-refractivity contribution >= 4 is 41.8 Å². The first-order valence-corrected chi connectivity index (χ1v) is 6.60. The van der Waals surface area contributed by atoms with Crippen molar-refractivity contribution < 1.29 is 11.0 Å². The van der Waals surface area contributed by atoms with Gasteiger partial charge in [0.15, 0.2) is 0 Å². The number of imidazole rings is 1. The minimum absolute atomic E-state index is 0. The summed E-state index contributed by atoms with van der Waals surface area (Å²) < 4.78 is 2.15. The van der Waals surface area contributed by atoms with Gasteiger partial charge in [-0.1, -0.05) is 12.1 Å². The van der Waals surface area contributed by atoms with Gasteiger partial charge in [0.05, 0.1) is 11.0 Å².